The lowest BCUT2D eigenvalue weighted by molar-refractivity contribution is 0.0303. The fourth-order valence-corrected chi connectivity index (χ4v) is 4.74. The summed E-state index contributed by atoms with van der Waals surface area (Å²) in [4.78, 5) is 29.5. The monoisotopic (exact) mass is 393 g/mol. The molecule has 7 heteroatoms. The molecule has 3 aromatic rings. The maximum absolute atomic E-state index is 13.4. The number of rotatable bonds is 2. The maximum atomic E-state index is 13.4. The average molecular weight is 393 g/mol. The fraction of sp³-hybridized carbons (Fsp3) is 0.238. The Hall–Kier alpha value is -2.90. The zero-order valence-corrected chi connectivity index (χ0v) is 16.0. The Balaban J connectivity index is 1.74. The molecule has 0 saturated carbocycles. The van der Waals surface area contributed by atoms with E-state index in [1.54, 1.807) is 27.0 Å². The number of carbonyl (C=O) groups is 1. The summed E-state index contributed by atoms with van der Waals surface area (Å²) in [6.07, 6.45) is 0. The molecule has 2 aliphatic rings. The van der Waals surface area contributed by atoms with Gasteiger partial charge in [0, 0.05) is 18.7 Å². The molecule has 1 fully saturated rings. The Bertz CT molecular complexity index is 1100. The van der Waals surface area contributed by atoms with E-state index in [0.717, 1.165) is 16.0 Å². The highest BCUT2D eigenvalue weighted by atomic mass is 32.1. The molecule has 0 atom stereocenters. The predicted molar refractivity (Wildman–Crippen MR) is 109 cm³/mol. The van der Waals surface area contributed by atoms with Crippen LogP contribution >= 0.6 is 11.3 Å². The van der Waals surface area contributed by atoms with Crippen molar-refractivity contribution in [2.45, 2.75) is 6.54 Å². The maximum Gasteiger partial charge on any atom is 0.277 e. The van der Waals surface area contributed by atoms with Gasteiger partial charge in [0.2, 0.25) is 0 Å². The molecule has 1 aromatic carbocycles. The number of nitrogens with one attached hydrogen (secondary N) is 1. The molecule has 1 N–H and O–H groups in total. The molecule has 1 saturated heterocycles. The van der Waals surface area contributed by atoms with Crippen LogP contribution in [0, 0.1) is 0 Å². The van der Waals surface area contributed by atoms with Crippen molar-refractivity contribution in [2.75, 3.05) is 31.7 Å². The van der Waals surface area contributed by atoms with E-state index in [2.05, 4.69) is 5.43 Å². The van der Waals surface area contributed by atoms with Gasteiger partial charge in [0.15, 0.2) is 0 Å². The van der Waals surface area contributed by atoms with Crippen LogP contribution in [-0.4, -0.2) is 41.8 Å². The van der Waals surface area contributed by atoms with Gasteiger partial charge in [-0.25, -0.2) is 4.68 Å². The van der Waals surface area contributed by atoms with Crippen LogP contribution in [0.15, 0.2) is 52.6 Å². The fourth-order valence-electron chi connectivity index (χ4n) is 3.76. The van der Waals surface area contributed by atoms with Crippen molar-refractivity contribution in [1.29, 1.82) is 0 Å². The van der Waals surface area contributed by atoms with E-state index in [0.29, 0.717) is 49.7 Å². The summed E-state index contributed by atoms with van der Waals surface area (Å²) in [6.45, 7) is 2.75. The molecule has 0 aliphatic carbocycles. The minimum Gasteiger partial charge on any atom is -0.378 e. The second kappa shape index (κ2) is 6.92. The molecule has 5 rings (SSSR count). The number of ether oxygens (including phenoxy) is 1. The molecule has 28 heavy (non-hydrogen) atoms. The van der Waals surface area contributed by atoms with Crippen molar-refractivity contribution >= 4 is 17.2 Å². The van der Waals surface area contributed by atoms with Crippen molar-refractivity contribution in [2.24, 2.45) is 0 Å². The number of nitrogens with zero attached hydrogens (tertiary/aromatic N) is 2. The van der Waals surface area contributed by atoms with E-state index in [-0.39, 0.29) is 11.5 Å². The second-order valence-electron chi connectivity index (χ2n) is 6.84. The zero-order chi connectivity index (χ0) is 19.1. The zero-order valence-electron chi connectivity index (χ0n) is 15.2. The highest BCUT2D eigenvalue weighted by Gasteiger charge is 2.29. The quantitative estimate of drug-likeness (QED) is 0.727. The van der Waals surface area contributed by atoms with Crippen molar-refractivity contribution in [3.8, 4) is 21.7 Å². The van der Waals surface area contributed by atoms with Crippen molar-refractivity contribution < 1.29 is 9.53 Å². The van der Waals surface area contributed by atoms with Crippen LogP contribution in [-0.2, 0) is 11.3 Å². The van der Waals surface area contributed by atoms with Gasteiger partial charge in [0.05, 0.1) is 35.9 Å². The van der Waals surface area contributed by atoms with Gasteiger partial charge in [-0.05, 0) is 28.6 Å². The first-order chi connectivity index (χ1) is 13.7. The summed E-state index contributed by atoms with van der Waals surface area (Å²) in [5.74, 6) is -0.0627. The van der Waals surface area contributed by atoms with Crippen LogP contribution in [0.5, 0.6) is 0 Å². The Morgan fingerprint density at radius 3 is 2.68 bits per heavy atom. The Morgan fingerprint density at radius 2 is 1.89 bits per heavy atom. The molecule has 2 aliphatic heterocycles. The molecule has 1 amide bonds. The highest BCUT2D eigenvalue weighted by Crippen LogP contribution is 2.36. The number of carbonyl (C=O) groups excluding carboxylic acids is 1. The Morgan fingerprint density at radius 1 is 1.11 bits per heavy atom. The summed E-state index contributed by atoms with van der Waals surface area (Å²) < 4.78 is 6.95. The minimum atomic E-state index is -0.140. The molecular weight excluding hydrogens is 374 g/mol. The molecule has 6 nitrogen and oxygen atoms in total. The third-order valence-corrected chi connectivity index (χ3v) is 6.17. The number of hydrogen-bond acceptors (Lipinski definition) is 5. The molecule has 142 valence electrons. The average Bonchev–Trinajstić information content (AvgIpc) is 3.24. The van der Waals surface area contributed by atoms with Gasteiger partial charge in [-0.3, -0.25) is 9.59 Å². The van der Waals surface area contributed by atoms with Gasteiger partial charge < -0.3 is 15.1 Å². The molecule has 0 bridgehead atoms. The summed E-state index contributed by atoms with van der Waals surface area (Å²) in [6, 6.07) is 13.3. The van der Waals surface area contributed by atoms with E-state index >= 15 is 0 Å². The van der Waals surface area contributed by atoms with Gasteiger partial charge in [-0.15, -0.1) is 11.3 Å². The molecule has 2 aromatic heterocycles. The van der Waals surface area contributed by atoms with Gasteiger partial charge in [0.25, 0.3) is 11.5 Å². The molecule has 4 heterocycles. The van der Waals surface area contributed by atoms with Crippen LogP contribution in [0.4, 0.5) is 0 Å². The number of morpholine rings is 1. The Kier molecular flexibility index (Phi) is 4.26. The number of aromatic nitrogens is 1. The molecule has 0 unspecified atom stereocenters. The number of hydrogen-bond donors (Lipinski definition) is 1. The van der Waals surface area contributed by atoms with Gasteiger partial charge in [-0.2, -0.15) is 0 Å². The number of benzene rings is 1. The van der Waals surface area contributed by atoms with Gasteiger partial charge in [-0.1, -0.05) is 30.3 Å². The minimum absolute atomic E-state index is 0.0627. The summed E-state index contributed by atoms with van der Waals surface area (Å²) in [5.41, 5.74) is 6.70. The highest BCUT2D eigenvalue weighted by molar-refractivity contribution is 7.13. The standard InChI is InChI=1S/C21H19N3O3S/c25-20(23-7-9-27-10-8-23)17-12-16(14-4-2-1-3-5-14)21(26)24-18(17)19-15(13-22-24)6-11-28-19/h1-6,11-12,22H,7-10,13H2. The molecular formula is C21H19N3O3S. The first-order valence-electron chi connectivity index (χ1n) is 9.27. The SMILES string of the molecule is O=C(c1cc(-c2ccccc2)c(=O)n2c1-c1sccc1CN2)N1CCOCC1. The van der Waals surface area contributed by atoms with Crippen LogP contribution in [0.1, 0.15) is 15.9 Å². The smallest absolute Gasteiger partial charge is 0.277 e. The third-order valence-electron chi connectivity index (χ3n) is 5.20. The summed E-state index contributed by atoms with van der Waals surface area (Å²) in [7, 11) is 0. The topological polar surface area (TPSA) is 63.6 Å². The second-order valence-corrected chi connectivity index (χ2v) is 7.76. The van der Waals surface area contributed by atoms with Crippen molar-refractivity contribution in [3.05, 3.63) is 69.3 Å². The molecule has 0 radical (unpaired) electrons. The van der Waals surface area contributed by atoms with Crippen molar-refractivity contribution in [1.82, 2.24) is 9.58 Å². The van der Waals surface area contributed by atoms with Crippen molar-refractivity contribution in [3.63, 3.8) is 0 Å². The predicted octanol–water partition coefficient (Wildman–Crippen LogP) is 2.77. The van der Waals surface area contributed by atoms with E-state index in [9.17, 15) is 9.59 Å². The van der Waals surface area contributed by atoms with Gasteiger partial charge >= 0.3 is 0 Å². The van der Waals surface area contributed by atoms with E-state index in [1.165, 1.54) is 0 Å². The van der Waals surface area contributed by atoms with E-state index in [4.69, 9.17) is 4.74 Å². The van der Waals surface area contributed by atoms with Gasteiger partial charge in [0.1, 0.15) is 0 Å². The van der Waals surface area contributed by atoms with Crippen LogP contribution in [0.3, 0.4) is 0 Å². The van der Waals surface area contributed by atoms with E-state index in [1.807, 2.05) is 41.8 Å². The van der Waals surface area contributed by atoms with E-state index < -0.39 is 0 Å². The first-order valence-corrected chi connectivity index (χ1v) is 10.1. The number of amides is 1. The molecule has 0 spiro atoms. The lowest BCUT2D eigenvalue weighted by atomic mass is 10.00. The number of thiophene rings is 1. The number of fused-ring (bicyclic) bond motifs is 3. The third kappa shape index (κ3) is 2.75. The first kappa shape index (κ1) is 17.2. The van der Waals surface area contributed by atoms with Crippen LogP contribution in [0.25, 0.3) is 21.7 Å². The number of pyridine rings is 1. The van der Waals surface area contributed by atoms with Crippen LogP contribution < -0.4 is 11.0 Å². The Labute approximate surface area is 166 Å². The largest absolute Gasteiger partial charge is 0.378 e. The lowest BCUT2D eigenvalue weighted by Gasteiger charge is -2.29. The van der Waals surface area contributed by atoms with Crippen LogP contribution in [0.2, 0.25) is 0 Å². The lowest BCUT2D eigenvalue weighted by Crippen LogP contribution is -2.42. The summed E-state index contributed by atoms with van der Waals surface area (Å²) in [5, 5.41) is 2.00. The normalized spacial score (nSPS) is 15.5. The summed E-state index contributed by atoms with van der Waals surface area (Å²) >= 11 is 1.56.